The van der Waals surface area contributed by atoms with Crippen molar-refractivity contribution < 1.29 is 4.79 Å². The van der Waals surface area contributed by atoms with Gasteiger partial charge in [-0.25, -0.2) is 4.68 Å². The van der Waals surface area contributed by atoms with E-state index in [0.717, 1.165) is 5.56 Å². The van der Waals surface area contributed by atoms with Gasteiger partial charge in [-0.3, -0.25) is 4.79 Å². The normalized spacial score (nSPS) is 10.6. The molecule has 0 saturated heterocycles. The lowest BCUT2D eigenvalue weighted by atomic mass is 10.2. The lowest BCUT2D eigenvalue weighted by Crippen LogP contribution is -2.14. The highest BCUT2D eigenvalue weighted by molar-refractivity contribution is 7.99. The van der Waals surface area contributed by atoms with Crippen LogP contribution in [0.4, 0.5) is 5.69 Å². The molecule has 0 bridgehead atoms. The fraction of sp³-hybridized carbons (Fsp3) is 0.333. The molecule has 8 heteroatoms. The van der Waals surface area contributed by atoms with Gasteiger partial charge in [0.1, 0.15) is 0 Å². The number of thioether (sulfide) groups is 1. The SMILES string of the molecule is CCn1nnnc1SCC(=O)Nc1ccc(C)c(Cl)c1. The van der Waals surface area contributed by atoms with E-state index < -0.39 is 0 Å². The fourth-order valence-electron chi connectivity index (χ4n) is 1.50. The van der Waals surface area contributed by atoms with Crippen LogP contribution in [0.3, 0.4) is 0 Å². The van der Waals surface area contributed by atoms with Gasteiger partial charge in [-0.1, -0.05) is 29.4 Å². The highest BCUT2D eigenvalue weighted by atomic mass is 35.5. The number of tetrazole rings is 1. The number of rotatable bonds is 5. The van der Waals surface area contributed by atoms with Gasteiger partial charge in [-0.15, -0.1) is 5.10 Å². The average Bonchev–Trinajstić information content (AvgIpc) is 2.88. The van der Waals surface area contributed by atoms with Crippen molar-refractivity contribution in [1.82, 2.24) is 20.2 Å². The van der Waals surface area contributed by atoms with Crippen LogP contribution in [0, 0.1) is 6.92 Å². The Labute approximate surface area is 125 Å². The molecule has 1 aromatic carbocycles. The van der Waals surface area contributed by atoms with Gasteiger partial charge in [0.25, 0.3) is 0 Å². The average molecular weight is 312 g/mol. The van der Waals surface area contributed by atoms with Gasteiger partial charge in [-0.05, 0) is 42.0 Å². The van der Waals surface area contributed by atoms with Crippen molar-refractivity contribution in [2.45, 2.75) is 25.5 Å². The summed E-state index contributed by atoms with van der Waals surface area (Å²) in [6.07, 6.45) is 0. The van der Waals surface area contributed by atoms with E-state index in [2.05, 4.69) is 20.8 Å². The summed E-state index contributed by atoms with van der Waals surface area (Å²) in [4.78, 5) is 11.9. The van der Waals surface area contributed by atoms with Crippen LogP contribution < -0.4 is 5.32 Å². The molecule has 0 aliphatic carbocycles. The Morgan fingerprint density at radius 3 is 3.00 bits per heavy atom. The zero-order chi connectivity index (χ0) is 14.5. The number of hydrogen-bond donors (Lipinski definition) is 1. The van der Waals surface area contributed by atoms with Crippen molar-refractivity contribution in [3.63, 3.8) is 0 Å². The predicted octanol–water partition coefficient (Wildman–Crippen LogP) is 2.39. The van der Waals surface area contributed by atoms with E-state index in [-0.39, 0.29) is 11.7 Å². The number of aromatic nitrogens is 4. The summed E-state index contributed by atoms with van der Waals surface area (Å²) in [7, 11) is 0. The van der Waals surface area contributed by atoms with Crippen LogP contribution in [0.25, 0.3) is 0 Å². The minimum absolute atomic E-state index is 0.124. The van der Waals surface area contributed by atoms with Crippen LogP contribution in [-0.4, -0.2) is 31.9 Å². The van der Waals surface area contributed by atoms with Crippen LogP contribution >= 0.6 is 23.4 Å². The lowest BCUT2D eigenvalue weighted by Gasteiger charge is -2.06. The highest BCUT2D eigenvalue weighted by Crippen LogP contribution is 2.20. The van der Waals surface area contributed by atoms with E-state index in [9.17, 15) is 4.79 Å². The number of carbonyl (C=O) groups excluding carboxylic acids is 1. The number of benzene rings is 1. The Kier molecular flexibility index (Phi) is 4.97. The van der Waals surface area contributed by atoms with Gasteiger partial charge in [0.05, 0.1) is 5.75 Å². The Morgan fingerprint density at radius 1 is 1.50 bits per heavy atom. The van der Waals surface area contributed by atoms with E-state index in [1.165, 1.54) is 11.8 Å². The summed E-state index contributed by atoms with van der Waals surface area (Å²) in [6, 6.07) is 5.41. The number of anilines is 1. The molecule has 1 amide bonds. The molecule has 0 aliphatic heterocycles. The third kappa shape index (κ3) is 3.71. The van der Waals surface area contributed by atoms with Gasteiger partial charge in [0, 0.05) is 17.3 Å². The first-order chi connectivity index (χ1) is 9.60. The number of halogens is 1. The Hall–Kier alpha value is -1.60. The molecule has 0 fully saturated rings. The number of amides is 1. The molecular weight excluding hydrogens is 298 g/mol. The summed E-state index contributed by atoms with van der Waals surface area (Å²) in [6.45, 7) is 4.52. The molecule has 0 atom stereocenters. The van der Waals surface area contributed by atoms with Gasteiger partial charge in [0.2, 0.25) is 11.1 Å². The van der Waals surface area contributed by atoms with Crippen LogP contribution in [0.1, 0.15) is 12.5 Å². The molecular formula is C12H14ClN5OS. The standard InChI is InChI=1S/C12H14ClN5OS/c1-3-18-12(15-16-17-18)20-7-11(19)14-9-5-4-8(2)10(13)6-9/h4-6H,3,7H2,1-2H3,(H,14,19). The number of nitrogens with one attached hydrogen (secondary N) is 1. The van der Waals surface area contributed by atoms with E-state index in [1.807, 2.05) is 26.0 Å². The summed E-state index contributed by atoms with van der Waals surface area (Å²) in [5, 5.41) is 15.3. The monoisotopic (exact) mass is 311 g/mol. The molecule has 0 unspecified atom stereocenters. The molecule has 2 aromatic rings. The van der Waals surface area contributed by atoms with Crippen LogP contribution in [0.15, 0.2) is 23.4 Å². The summed E-state index contributed by atoms with van der Waals surface area (Å²) in [5.41, 5.74) is 1.66. The van der Waals surface area contributed by atoms with Gasteiger partial charge in [0.15, 0.2) is 0 Å². The maximum atomic E-state index is 11.9. The van der Waals surface area contributed by atoms with E-state index in [4.69, 9.17) is 11.6 Å². The van der Waals surface area contributed by atoms with Crippen molar-refractivity contribution in [1.29, 1.82) is 0 Å². The molecule has 1 N–H and O–H groups in total. The predicted molar refractivity (Wildman–Crippen MR) is 79.0 cm³/mol. The molecule has 0 radical (unpaired) electrons. The number of carbonyl (C=O) groups is 1. The minimum Gasteiger partial charge on any atom is -0.325 e. The molecule has 2 rings (SSSR count). The quantitative estimate of drug-likeness (QED) is 0.858. The van der Waals surface area contributed by atoms with E-state index in [0.29, 0.717) is 22.4 Å². The lowest BCUT2D eigenvalue weighted by molar-refractivity contribution is -0.113. The van der Waals surface area contributed by atoms with Crippen molar-refractivity contribution in [3.05, 3.63) is 28.8 Å². The zero-order valence-electron chi connectivity index (χ0n) is 11.1. The number of nitrogens with zero attached hydrogens (tertiary/aromatic N) is 4. The third-order valence-corrected chi connectivity index (χ3v) is 3.95. The largest absolute Gasteiger partial charge is 0.325 e. The first-order valence-electron chi connectivity index (χ1n) is 6.05. The van der Waals surface area contributed by atoms with Crippen LogP contribution in [-0.2, 0) is 11.3 Å². The molecule has 106 valence electrons. The Bertz CT molecular complexity index is 616. The molecule has 6 nitrogen and oxygen atoms in total. The van der Waals surface area contributed by atoms with Crippen LogP contribution in [0.5, 0.6) is 0 Å². The second-order valence-corrected chi connectivity index (χ2v) is 5.43. The second-order valence-electron chi connectivity index (χ2n) is 4.08. The van der Waals surface area contributed by atoms with Crippen molar-refractivity contribution in [3.8, 4) is 0 Å². The molecule has 0 aliphatic rings. The molecule has 0 spiro atoms. The van der Waals surface area contributed by atoms with Crippen molar-refractivity contribution in [2.24, 2.45) is 0 Å². The van der Waals surface area contributed by atoms with Crippen molar-refractivity contribution >= 4 is 35.0 Å². The summed E-state index contributed by atoms with van der Waals surface area (Å²) < 4.78 is 1.64. The van der Waals surface area contributed by atoms with Gasteiger partial charge >= 0.3 is 0 Å². The molecule has 1 aromatic heterocycles. The molecule has 0 saturated carbocycles. The zero-order valence-corrected chi connectivity index (χ0v) is 12.7. The van der Waals surface area contributed by atoms with Crippen LogP contribution in [0.2, 0.25) is 5.02 Å². The maximum absolute atomic E-state index is 11.9. The first kappa shape index (κ1) is 14.8. The number of hydrogen-bond acceptors (Lipinski definition) is 5. The molecule has 20 heavy (non-hydrogen) atoms. The Balaban J connectivity index is 1.91. The summed E-state index contributed by atoms with van der Waals surface area (Å²) in [5.74, 6) is 0.117. The molecule has 1 heterocycles. The van der Waals surface area contributed by atoms with Crippen molar-refractivity contribution in [2.75, 3.05) is 11.1 Å². The Morgan fingerprint density at radius 2 is 2.30 bits per heavy atom. The highest BCUT2D eigenvalue weighted by Gasteiger charge is 2.09. The first-order valence-corrected chi connectivity index (χ1v) is 7.41. The fourth-order valence-corrected chi connectivity index (χ4v) is 2.42. The minimum atomic E-state index is -0.124. The smallest absolute Gasteiger partial charge is 0.234 e. The topological polar surface area (TPSA) is 72.7 Å². The van der Waals surface area contributed by atoms with E-state index >= 15 is 0 Å². The third-order valence-electron chi connectivity index (χ3n) is 2.59. The second kappa shape index (κ2) is 6.71. The van der Waals surface area contributed by atoms with E-state index in [1.54, 1.807) is 10.7 Å². The summed E-state index contributed by atoms with van der Waals surface area (Å²) >= 11 is 7.30. The van der Waals surface area contributed by atoms with Gasteiger partial charge < -0.3 is 5.32 Å². The number of aryl methyl sites for hydroxylation is 2. The maximum Gasteiger partial charge on any atom is 0.234 e. The van der Waals surface area contributed by atoms with Gasteiger partial charge in [-0.2, -0.15) is 0 Å².